The van der Waals surface area contributed by atoms with E-state index in [-0.39, 0.29) is 5.00 Å². The van der Waals surface area contributed by atoms with E-state index >= 15 is 0 Å². The third kappa shape index (κ3) is 3.58. The molecule has 2 aromatic heterocycles. The first-order valence-electron chi connectivity index (χ1n) is 7.70. The average Bonchev–Trinajstić information content (AvgIpc) is 3.23. The Bertz CT molecular complexity index is 1080. The van der Waals surface area contributed by atoms with Crippen molar-refractivity contribution in [2.24, 2.45) is 4.99 Å². The number of carbonyl (C=O) groups is 1. The van der Waals surface area contributed by atoms with Crippen molar-refractivity contribution in [3.05, 3.63) is 56.2 Å². The second-order valence-electron chi connectivity index (χ2n) is 5.15. The molecular formula is C17H15N3O4S2. The van der Waals surface area contributed by atoms with E-state index in [2.05, 4.69) is 4.99 Å². The normalized spacial score (nSPS) is 12.2. The molecule has 0 aliphatic heterocycles. The van der Waals surface area contributed by atoms with Crippen LogP contribution >= 0.6 is 22.7 Å². The summed E-state index contributed by atoms with van der Waals surface area (Å²) >= 11 is 2.42. The number of amides is 1. The number of hydrogen-bond donors (Lipinski definition) is 0. The molecule has 1 aromatic carbocycles. The van der Waals surface area contributed by atoms with Crippen molar-refractivity contribution < 1.29 is 14.5 Å². The van der Waals surface area contributed by atoms with Gasteiger partial charge in [-0.05, 0) is 31.2 Å². The van der Waals surface area contributed by atoms with Crippen LogP contribution in [-0.4, -0.2) is 22.5 Å². The van der Waals surface area contributed by atoms with Gasteiger partial charge in [-0.3, -0.25) is 14.9 Å². The number of benzene rings is 1. The van der Waals surface area contributed by atoms with Crippen LogP contribution in [0.25, 0.3) is 16.3 Å². The smallest absolute Gasteiger partial charge is 0.324 e. The molecule has 0 spiro atoms. The number of thiazole rings is 1. The molecule has 0 saturated carbocycles. The molecule has 0 saturated heterocycles. The van der Waals surface area contributed by atoms with E-state index < -0.39 is 10.8 Å². The highest BCUT2D eigenvalue weighted by atomic mass is 32.1. The summed E-state index contributed by atoms with van der Waals surface area (Å²) in [4.78, 5) is 27.8. The van der Waals surface area contributed by atoms with Gasteiger partial charge >= 0.3 is 5.00 Å². The van der Waals surface area contributed by atoms with E-state index in [0.717, 1.165) is 27.3 Å². The number of aryl methyl sites for hydroxylation is 1. The van der Waals surface area contributed by atoms with Crippen molar-refractivity contribution in [3.63, 3.8) is 0 Å². The molecule has 0 atom stereocenters. The Morgan fingerprint density at radius 1 is 1.35 bits per heavy atom. The van der Waals surface area contributed by atoms with Gasteiger partial charge in [0.1, 0.15) is 11.3 Å². The highest BCUT2D eigenvalue weighted by Gasteiger charge is 2.11. The van der Waals surface area contributed by atoms with Crippen LogP contribution in [0, 0.1) is 10.1 Å². The predicted molar refractivity (Wildman–Crippen MR) is 103 cm³/mol. The molecule has 0 radical (unpaired) electrons. The van der Waals surface area contributed by atoms with E-state index in [9.17, 15) is 14.9 Å². The van der Waals surface area contributed by atoms with E-state index in [1.807, 2.05) is 29.7 Å². The number of fused-ring (bicyclic) bond motifs is 1. The maximum absolute atomic E-state index is 12.2. The zero-order valence-corrected chi connectivity index (χ0v) is 15.7. The van der Waals surface area contributed by atoms with Crippen LogP contribution in [0.4, 0.5) is 5.00 Å². The Labute approximate surface area is 156 Å². The lowest BCUT2D eigenvalue weighted by atomic mass is 10.3. The summed E-state index contributed by atoms with van der Waals surface area (Å²) in [7, 11) is 1.61. The van der Waals surface area contributed by atoms with Crippen molar-refractivity contribution >= 4 is 49.9 Å². The van der Waals surface area contributed by atoms with E-state index in [4.69, 9.17) is 4.74 Å². The zero-order valence-electron chi connectivity index (χ0n) is 14.0. The molecule has 3 aromatic rings. The van der Waals surface area contributed by atoms with Crippen molar-refractivity contribution in [3.8, 4) is 5.75 Å². The number of rotatable bonds is 5. The Hall–Kier alpha value is -2.78. The lowest BCUT2D eigenvalue weighted by Crippen LogP contribution is -2.15. The minimum absolute atomic E-state index is 0.0365. The summed E-state index contributed by atoms with van der Waals surface area (Å²) in [5.41, 5.74) is 0.909. The van der Waals surface area contributed by atoms with Gasteiger partial charge in [0.15, 0.2) is 4.80 Å². The quantitative estimate of drug-likeness (QED) is 0.377. The number of nitro groups is 1. The fraction of sp³-hybridized carbons (Fsp3) is 0.176. The zero-order chi connectivity index (χ0) is 18.7. The highest BCUT2D eigenvalue weighted by Crippen LogP contribution is 2.27. The number of thiophene rings is 1. The van der Waals surface area contributed by atoms with E-state index in [1.54, 1.807) is 13.2 Å². The molecule has 9 heteroatoms. The maximum atomic E-state index is 12.2. The van der Waals surface area contributed by atoms with Crippen LogP contribution < -0.4 is 9.54 Å². The number of nitrogens with zero attached hydrogens (tertiary/aromatic N) is 3. The van der Waals surface area contributed by atoms with Gasteiger partial charge in [0.25, 0.3) is 5.91 Å². The number of aromatic nitrogens is 1. The molecule has 2 heterocycles. The summed E-state index contributed by atoms with van der Waals surface area (Å²) in [6.45, 7) is 2.62. The Morgan fingerprint density at radius 2 is 2.15 bits per heavy atom. The van der Waals surface area contributed by atoms with Gasteiger partial charge in [0.05, 0.1) is 16.7 Å². The number of para-hydroxylation sites is 1. The number of methoxy groups -OCH3 is 1. The first-order valence-corrected chi connectivity index (χ1v) is 9.34. The Balaban J connectivity index is 1.94. The van der Waals surface area contributed by atoms with Gasteiger partial charge in [0.2, 0.25) is 0 Å². The van der Waals surface area contributed by atoms with Crippen molar-refractivity contribution in [1.82, 2.24) is 4.57 Å². The minimum Gasteiger partial charge on any atom is -0.495 e. The van der Waals surface area contributed by atoms with Gasteiger partial charge in [-0.25, -0.2) is 0 Å². The summed E-state index contributed by atoms with van der Waals surface area (Å²) in [6.07, 6.45) is 2.85. The second kappa shape index (κ2) is 7.63. The Morgan fingerprint density at radius 3 is 2.81 bits per heavy atom. The summed E-state index contributed by atoms with van der Waals surface area (Å²) in [6, 6.07) is 8.74. The molecule has 134 valence electrons. The van der Waals surface area contributed by atoms with Crippen LogP contribution in [0.15, 0.2) is 41.4 Å². The third-order valence-electron chi connectivity index (χ3n) is 3.59. The van der Waals surface area contributed by atoms with E-state index in [1.165, 1.54) is 29.6 Å². The molecule has 3 rings (SSSR count). The lowest BCUT2D eigenvalue weighted by molar-refractivity contribution is -0.380. The van der Waals surface area contributed by atoms with Crippen LogP contribution in [0.1, 0.15) is 11.8 Å². The largest absolute Gasteiger partial charge is 0.495 e. The average molecular weight is 389 g/mol. The molecule has 0 bridgehead atoms. The van der Waals surface area contributed by atoms with Crippen LogP contribution in [0.3, 0.4) is 0 Å². The Kier molecular flexibility index (Phi) is 5.29. The van der Waals surface area contributed by atoms with Crippen LogP contribution in [0.2, 0.25) is 0 Å². The van der Waals surface area contributed by atoms with Crippen LogP contribution in [-0.2, 0) is 11.3 Å². The standard InChI is InChI=1S/C17H15N3O4S2/c1-3-19-16-12(24-2)5-4-6-13(16)26-17(19)18-14(21)9-7-11-8-10-15(25-11)20(22)23/h4-10H,3H2,1-2H3/b9-7+,18-17?. The summed E-state index contributed by atoms with van der Waals surface area (Å²) < 4.78 is 8.32. The number of ether oxygens (including phenoxy) is 1. The minimum atomic E-state index is -0.455. The lowest BCUT2D eigenvalue weighted by Gasteiger charge is -2.05. The predicted octanol–water partition coefficient (Wildman–Crippen LogP) is 3.84. The van der Waals surface area contributed by atoms with Gasteiger partial charge in [-0.1, -0.05) is 28.7 Å². The van der Waals surface area contributed by atoms with Crippen molar-refractivity contribution in [2.75, 3.05) is 7.11 Å². The first-order chi connectivity index (χ1) is 12.5. The van der Waals surface area contributed by atoms with Gasteiger partial charge in [-0.2, -0.15) is 4.99 Å². The molecule has 0 aliphatic rings. The molecule has 0 unspecified atom stereocenters. The molecule has 0 fully saturated rings. The van der Waals surface area contributed by atoms with Gasteiger partial charge < -0.3 is 9.30 Å². The summed E-state index contributed by atoms with van der Waals surface area (Å²) in [5.74, 6) is 0.310. The molecule has 26 heavy (non-hydrogen) atoms. The molecule has 1 amide bonds. The monoisotopic (exact) mass is 389 g/mol. The maximum Gasteiger partial charge on any atom is 0.324 e. The number of carbonyl (C=O) groups excluding carboxylic acids is 1. The van der Waals surface area contributed by atoms with Crippen LogP contribution in [0.5, 0.6) is 5.75 Å². The van der Waals surface area contributed by atoms with Crippen molar-refractivity contribution in [2.45, 2.75) is 13.5 Å². The van der Waals surface area contributed by atoms with E-state index in [0.29, 0.717) is 16.2 Å². The SMILES string of the molecule is CCn1c(=NC(=O)/C=C/c2ccc([N+](=O)[O-])s2)sc2cccc(OC)c21. The topological polar surface area (TPSA) is 86.7 Å². The first kappa shape index (κ1) is 18.0. The molecule has 7 nitrogen and oxygen atoms in total. The molecular weight excluding hydrogens is 374 g/mol. The molecule has 0 N–H and O–H groups in total. The fourth-order valence-electron chi connectivity index (χ4n) is 2.46. The third-order valence-corrected chi connectivity index (χ3v) is 5.63. The van der Waals surface area contributed by atoms with Crippen molar-refractivity contribution in [1.29, 1.82) is 0 Å². The summed E-state index contributed by atoms with van der Waals surface area (Å²) in [5, 5.41) is 10.7. The fourth-order valence-corrected chi connectivity index (χ4v) is 4.30. The number of hydrogen-bond acceptors (Lipinski definition) is 6. The highest BCUT2D eigenvalue weighted by molar-refractivity contribution is 7.16. The molecule has 0 aliphatic carbocycles. The van der Waals surface area contributed by atoms with Gasteiger partial charge in [0, 0.05) is 23.6 Å². The van der Waals surface area contributed by atoms with Gasteiger partial charge in [-0.15, -0.1) is 0 Å². The second-order valence-corrected chi connectivity index (χ2v) is 7.26.